The maximum atomic E-state index is 12.4. The minimum absolute atomic E-state index is 0.0166. The van der Waals surface area contributed by atoms with Crippen LogP contribution in [0.3, 0.4) is 0 Å². The van der Waals surface area contributed by atoms with Gasteiger partial charge < -0.3 is 4.74 Å². The third-order valence-electron chi connectivity index (χ3n) is 2.07. The zero-order valence-corrected chi connectivity index (χ0v) is 9.00. The molecule has 1 aromatic heterocycles. The Balaban J connectivity index is 2.68. The lowest BCUT2D eigenvalue weighted by Gasteiger charge is -2.05. The first kappa shape index (κ1) is 11.0. The molecule has 0 saturated heterocycles. The van der Waals surface area contributed by atoms with Crippen molar-refractivity contribution in [3.63, 3.8) is 0 Å². The second kappa shape index (κ2) is 4.17. The van der Waals surface area contributed by atoms with Crippen LogP contribution in [0.2, 0.25) is 5.15 Å². The number of hydrogen-bond donors (Lipinski definition) is 0. The summed E-state index contributed by atoms with van der Waals surface area (Å²) in [6, 6.07) is 4.83. The quantitative estimate of drug-likeness (QED) is 0.761. The molecule has 1 heterocycles. The molecule has 2 rings (SSSR count). The molecule has 1 aromatic carbocycles. The molecule has 0 atom stereocenters. The van der Waals surface area contributed by atoms with Gasteiger partial charge in [-0.05, 0) is 12.1 Å². The van der Waals surface area contributed by atoms with Gasteiger partial charge in [-0.25, -0.2) is 18.7 Å². The van der Waals surface area contributed by atoms with E-state index in [2.05, 4.69) is 9.97 Å². The molecule has 0 saturated carbocycles. The summed E-state index contributed by atoms with van der Waals surface area (Å²) in [7, 11) is 1.48. The van der Waals surface area contributed by atoms with Crippen molar-refractivity contribution in [3.8, 4) is 5.75 Å². The van der Waals surface area contributed by atoms with Gasteiger partial charge in [0.2, 0.25) is 0 Å². The molecule has 6 heteroatoms. The molecule has 0 spiro atoms. The van der Waals surface area contributed by atoms with Crippen LogP contribution < -0.4 is 4.74 Å². The first-order valence-electron chi connectivity index (χ1n) is 4.41. The van der Waals surface area contributed by atoms with Gasteiger partial charge in [0, 0.05) is 11.5 Å². The van der Waals surface area contributed by atoms with E-state index in [4.69, 9.17) is 16.3 Å². The van der Waals surface area contributed by atoms with Crippen LogP contribution in [-0.4, -0.2) is 17.1 Å². The maximum Gasteiger partial charge on any atom is 0.297 e. The fourth-order valence-electron chi connectivity index (χ4n) is 1.31. The van der Waals surface area contributed by atoms with Crippen LogP contribution in [0.4, 0.5) is 8.78 Å². The Morgan fingerprint density at radius 1 is 1.31 bits per heavy atom. The summed E-state index contributed by atoms with van der Waals surface area (Å²) < 4.78 is 29.9. The topological polar surface area (TPSA) is 35.0 Å². The molecule has 0 bridgehead atoms. The van der Waals surface area contributed by atoms with E-state index in [9.17, 15) is 8.78 Å². The highest BCUT2D eigenvalue weighted by molar-refractivity contribution is 6.34. The van der Waals surface area contributed by atoms with Gasteiger partial charge >= 0.3 is 0 Å². The third-order valence-corrected chi connectivity index (χ3v) is 2.36. The standard InChI is InChI=1S/C10H7ClF2N2O/c1-16-5-2-3-6-7(4-5)14-10(9(12)13)15-8(6)11/h2-4,9H,1H3. The highest BCUT2D eigenvalue weighted by atomic mass is 35.5. The average Bonchev–Trinajstić information content (AvgIpc) is 2.28. The fourth-order valence-corrected chi connectivity index (χ4v) is 1.56. The summed E-state index contributed by atoms with van der Waals surface area (Å²) in [5.41, 5.74) is 0.342. The minimum Gasteiger partial charge on any atom is -0.497 e. The number of benzene rings is 1. The lowest BCUT2D eigenvalue weighted by molar-refractivity contribution is 0.141. The van der Waals surface area contributed by atoms with Crippen LogP contribution in [0, 0.1) is 0 Å². The molecular weight excluding hydrogens is 238 g/mol. The molecule has 0 aliphatic rings. The van der Waals surface area contributed by atoms with Gasteiger partial charge in [-0.2, -0.15) is 0 Å². The molecule has 0 aliphatic heterocycles. The molecule has 0 fully saturated rings. The highest BCUT2D eigenvalue weighted by Crippen LogP contribution is 2.26. The van der Waals surface area contributed by atoms with Gasteiger partial charge in [-0.1, -0.05) is 11.6 Å². The van der Waals surface area contributed by atoms with Gasteiger partial charge in [0.05, 0.1) is 12.6 Å². The molecule has 0 aliphatic carbocycles. The van der Waals surface area contributed by atoms with Gasteiger partial charge in [0.15, 0.2) is 5.82 Å². The zero-order chi connectivity index (χ0) is 11.7. The monoisotopic (exact) mass is 244 g/mol. The Bertz CT molecular complexity index is 533. The molecule has 0 unspecified atom stereocenters. The van der Waals surface area contributed by atoms with Gasteiger partial charge in [-0.15, -0.1) is 0 Å². The van der Waals surface area contributed by atoms with Crippen molar-refractivity contribution in [2.24, 2.45) is 0 Å². The second-order valence-corrected chi connectivity index (χ2v) is 3.41. The maximum absolute atomic E-state index is 12.4. The van der Waals surface area contributed by atoms with Crippen molar-refractivity contribution in [2.75, 3.05) is 7.11 Å². The van der Waals surface area contributed by atoms with E-state index in [0.717, 1.165) is 0 Å². The lowest BCUT2D eigenvalue weighted by Crippen LogP contribution is -1.97. The average molecular weight is 245 g/mol. The van der Waals surface area contributed by atoms with Crippen LogP contribution >= 0.6 is 11.6 Å². The largest absolute Gasteiger partial charge is 0.497 e. The van der Waals surface area contributed by atoms with E-state index in [1.54, 1.807) is 12.1 Å². The van der Waals surface area contributed by atoms with Crippen molar-refractivity contribution >= 4 is 22.5 Å². The molecule has 0 amide bonds. The number of alkyl halides is 2. The van der Waals surface area contributed by atoms with Crippen LogP contribution in [0.25, 0.3) is 10.9 Å². The lowest BCUT2D eigenvalue weighted by atomic mass is 10.2. The first-order chi connectivity index (χ1) is 7.61. The molecule has 0 N–H and O–H groups in total. The summed E-state index contributed by atoms with van der Waals surface area (Å²) in [6.45, 7) is 0. The Labute approximate surface area is 95.0 Å². The molecule has 84 valence electrons. The predicted molar refractivity (Wildman–Crippen MR) is 56.1 cm³/mol. The number of hydrogen-bond acceptors (Lipinski definition) is 3. The Hall–Kier alpha value is -1.49. The number of nitrogens with zero attached hydrogens (tertiary/aromatic N) is 2. The Kier molecular flexibility index (Phi) is 2.87. The fraction of sp³-hybridized carbons (Fsp3) is 0.200. The van der Waals surface area contributed by atoms with E-state index < -0.39 is 12.2 Å². The van der Waals surface area contributed by atoms with Crippen LogP contribution in [0.15, 0.2) is 18.2 Å². The van der Waals surface area contributed by atoms with Crippen molar-refractivity contribution in [1.29, 1.82) is 0 Å². The van der Waals surface area contributed by atoms with Crippen LogP contribution in [0.1, 0.15) is 12.2 Å². The van der Waals surface area contributed by atoms with E-state index in [1.807, 2.05) is 0 Å². The SMILES string of the molecule is COc1ccc2c(Cl)nc(C(F)F)nc2c1. The summed E-state index contributed by atoms with van der Waals surface area (Å²) >= 11 is 5.78. The second-order valence-electron chi connectivity index (χ2n) is 3.06. The van der Waals surface area contributed by atoms with E-state index >= 15 is 0 Å². The summed E-state index contributed by atoms with van der Waals surface area (Å²) in [5.74, 6) is -0.0479. The normalized spacial score (nSPS) is 11.1. The van der Waals surface area contributed by atoms with E-state index in [0.29, 0.717) is 16.7 Å². The first-order valence-corrected chi connectivity index (χ1v) is 4.79. The van der Waals surface area contributed by atoms with Gasteiger partial charge in [0.25, 0.3) is 6.43 Å². The van der Waals surface area contributed by atoms with Gasteiger partial charge in [-0.3, -0.25) is 0 Å². The number of halogens is 3. The Morgan fingerprint density at radius 2 is 2.06 bits per heavy atom. The summed E-state index contributed by atoms with van der Waals surface area (Å²) in [6.07, 6.45) is -2.74. The number of aromatic nitrogens is 2. The number of methoxy groups -OCH3 is 1. The smallest absolute Gasteiger partial charge is 0.297 e. The predicted octanol–water partition coefficient (Wildman–Crippen LogP) is 3.23. The highest BCUT2D eigenvalue weighted by Gasteiger charge is 2.14. The molecule has 3 nitrogen and oxygen atoms in total. The molecular formula is C10H7ClF2N2O. The summed E-state index contributed by atoms with van der Waals surface area (Å²) in [5, 5.41) is 0.537. The Morgan fingerprint density at radius 3 is 2.69 bits per heavy atom. The number of rotatable bonds is 2. The molecule has 16 heavy (non-hydrogen) atoms. The molecule has 0 radical (unpaired) electrons. The number of ether oxygens (including phenoxy) is 1. The van der Waals surface area contributed by atoms with E-state index in [-0.39, 0.29) is 5.15 Å². The van der Waals surface area contributed by atoms with Crippen molar-refractivity contribution in [2.45, 2.75) is 6.43 Å². The summed E-state index contributed by atoms with van der Waals surface area (Å²) in [4.78, 5) is 7.24. The van der Waals surface area contributed by atoms with E-state index in [1.165, 1.54) is 13.2 Å². The van der Waals surface area contributed by atoms with Crippen molar-refractivity contribution in [3.05, 3.63) is 29.2 Å². The van der Waals surface area contributed by atoms with Crippen molar-refractivity contribution < 1.29 is 13.5 Å². The third kappa shape index (κ3) is 1.90. The van der Waals surface area contributed by atoms with Crippen molar-refractivity contribution in [1.82, 2.24) is 9.97 Å². The van der Waals surface area contributed by atoms with Gasteiger partial charge in [0.1, 0.15) is 10.9 Å². The zero-order valence-electron chi connectivity index (χ0n) is 8.25. The molecule has 2 aromatic rings. The van der Waals surface area contributed by atoms with Crippen LogP contribution in [0.5, 0.6) is 5.75 Å². The van der Waals surface area contributed by atoms with Crippen LogP contribution in [-0.2, 0) is 0 Å². The number of fused-ring (bicyclic) bond motifs is 1. The minimum atomic E-state index is -2.74.